The van der Waals surface area contributed by atoms with Gasteiger partial charge in [0.15, 0.2) is 0 Å². The first-order valence-electron chi connectivity index (χ1n) is 8.65. The van der Waals surface area contributed by atoms with Crippen LogP contribution in [0.5, 0.6) is 0 Å². The zero-order chi connectivity index (χ0) is 19.0. The first-order valence-corrected chi connectivity index (χ1v) is 8.65. The summed E-state index contributed by atoms with van der Waals surface area (Å²) in [6, 6.07) is 0. The lowest BCUT2D eigenvalue weighted by Gasteiger charge is -2.37. The predicted octanol–water partition coefficient (Wildman–Crippen LogP) is 4.60. The van der Waals surface area contributed by atoms with Crippen molar-refractivity contribution in [1.82, 2.24) is 0 Å². The minimum atomic E-state index is -1.08. The summed E-state index contributed by atoms with van der Waals surface area (Å²) >= 11 is 0. The van der Waals surface area contributed by atoms with Crippen LogP contribution in [0.25, 0.3) is 0 Å². The summed E-state index contributed by atoms with van der Waals surface area (Å²) in [5.41, 5.74) is 7.02. The second-order valence-electron chi connectivity index (χ2n) is 7.14. The van der Waals surface area contributed by atoms with Gasteiger partial charge >= 0.3 is 5.97 Å². The summed E-state index contributed by atoms with van der Waals surface area (Å²) in [6.07, 6.45) is 12.9. The van der Waals surface area contributed by atoms with Crippen LogP contribution in [0.3, 0.4) is 0 Å². The van der Waals surface area contributed by atoms with Gasteiger partial charge in [-0.2, -0.15) is 0 Å². The van der Waals surface area contributed by atoms with Gasteiger partial charge in [0.25, 0.3) is 0 Å². The third-order valence-corrected chi connectivity index (χ3v) is 4.56. The first-order chi connectivity index (χ1) is 11.7. The van der Waals surface area contributed by atoms with Crippen LogP contribution in [0.1, 0.15) is 40.5 Å². The van der Waals surface area contributed by atoms with Crippen LogP contribution in [-0.4, -0.2) is 11.1 Å². The Hall–Kier alpha value is -2.47. The largest absolute Gasteiger partial charge is 0.478 e. The van der Waals surface area contributed by atoms with Gasteiger partial charge in [-0.15, -0.1) is 0 Å². The molecule has 0 aromatic rings. The summed E-state index contributed by atoms with van der Waals surface area (Å²) in [6.45, 7) is 12.9. The van der Waals surface area contributed by atoms with Crippen molar-refractivity contribution < 1.29 is 9.90 Å². The number of carboxylic acids is 1. The highest BCUT2D eigenvalue weighted by atomic mass is 16.4. The third-order valence-electron chi connectivity index (χ3n) is 4.56. The molecule has 3 heteroatoms. The summed E-state index contributed by atoms with van der Waals surface area (Å²) in [5.74, 6) is 5.97. The van der Waals surface area contributed by atoms with Crippen molar-refractivity contribution in [2.45, 2.75) is 40.5 Å². The maximum Gasteiger partial charge on any atom is 0.337 e. The second-order valence-corrected chi connectivity index (χ2v) is 7.14. The number of carbonyl (C=O) groups is 1. The third kappa shape index (κ3) is 6.15. The number of carboxylic acid groups (broad SMARTS) is 1. The van der Waals surface area contributed by atoms with Crippen LogP contribution in [0, 0.1) is 29.1 Å². The Morgan fingerprint density at radius 2 is 2.12 bits per heavy atom. The molecule has 0 saturated carbocycles. The molecule has 1 rings (SSSR count). The smallest absolute Gasteiger partial charge is 0.337 e. The normalized spacial score (nSPS) is 20.8. The molecule has 2 unspecified atom stereocenters. The quantitative estimate of drug-likeness (QED) is 0.422. The van der Waals surface area contributed by atoms with E-state index in [0.717, 1.165) is 18.2 Å². The Labute approximate surface area is 151 Å². The Balaban J connectivity index is 2.91. The van der Waals surface area contributed by atoms with Gasteiger partial charge in [-0.3, -0.25) is 0 Å². The molecule has 0 bridgehead atoms. The van der Waals surface area contributed by atoms with Crippen LogP contribution >= 0.6 is 0 Å². The van der Waals surface area contributed by atoms with Gasteiger partial charge in [0.05, 0.1) is 5.57 Å². The summed E-state index contributed by atoms with van der Waals surface area (Å²) in [4.78, 5) is 10.9. The topological polar surface area (TPSA) is 63.3 Å². The molecular weight excluding hydrogens is 310 g/mol. The van der Waals surface area contributed by atoms with Crippen molar-refractivity contribution in [3.8, 4) is 11.8 Å². The molecule has 0 amide bonds. The summed E-state index contributed by atoms with van der Waals surface area (Å²) in [5, 5.41) is 8.91. The molecule has 0 heterocycles. The fraction of sp³-hybridized carbons (Fsp3) is 0.409. The van der Waals surface area contributed by atoms with Crippen molar-refractivity contribution in [3.05, 3.63) is 59.9 Å². The molecule has 0 saturated heterocycles. The van der Waals surface area contributed by atoms with E-state index in [4.69, 9.17) is 10.8 Å². The van der Waals surface area contributed by atoms with E-state index in [9.17, 15) is 4.79 Å². The van der Waals surface area contributed by atoms with Crippen molar-refractivity contribution >= 4 is 5.97 Å². The molecule has 0 radical (unpaired) electrons. The molecule has 0 aromatic heterocycles. The number of hydrogen-bond acceptors (Lipinski definition) is 2. The van der Waals surface area contributed by atoms with Crippen LogP contribution in [0.4, 0.5) is 0 Å². The molecule has 0 fully saturated rings. The van der Waals surface area contributed by atoms with Gasteiger partial charge in [0.2, 0.25) is 0 Å². The number of rotatable bonds is 6. The van der Waals surface area contributed by atoms with E-state index in [2.05, 4.69) is 64.3 Å². The minimum Gasteiger partial charge on any atom is -0.478 e. The number of allylic oxidation sites excluding steroid dienone is 6. The van der Waals surface area contributed by atoms with Crippen LogP contribution in [-0.2, 0) is 4.79 Å². The fourth-order valence-corrected chi connectivity index (χ4v) is 3.19. The molecule has 2 atom stereocenters. The Morgan fingerprint density at radius 3 is 2.68 bits per heavy atom. The maximum absolute atomic E-state index is 10.9. The van der Waals surface area contributed by atoms with E-state index in [1.54, 1.807) is 6.08 Å². The van der Waals surface area contributed by atoms with E-state index in [1.165, 1.54) is 12.5 Å². The van der Waals surface area contributed by atoms with E-state index in [0.29, 0.717) is 17.4 Å². The molecule has 1 aliphatic rings. The zero-order valence-electron chi connectivity index (χ0n) is 15.7. The molecule has 3 N–H and O–H groups in total. The monoisotopic (exact) mass is 339 g/mol. The Kier molecular flexibility index (Phi) is 7.51. The van der Waals surface area contributed by atoms with Crippen LogP contribution in [0.15, 0.2) is 59.9 Å². The van der Waals surface area contributed by atoms with Crippen molar-refractivity contribution in [2.24, 2.45) is 23.0 Å². The molecule has 25 heavy (non-hydrogen) atoms. The minimum absolute atomic E-state index is 0.00920. The summed E-state index contributed by atoms with van der Waals surface area (Å²) < 4.78 is 0. The van der Waals surface area contributed by atoms with Gasteiger partial charge < -0.3 is 10.8 Å². The van der Waals surface area contributed by atoms with Crippen molar-refractivity contribution in [1.29, 1.82) is 0 Å². The average molecular weight is 339 g/mol. The van der Waals surface area contributed by atoms with Gasteiger partial charge in [0.1, 0.15) is 0 Å². The van der Waals surface area contributed by atoms with E-state index in [1.807, 2.05) is 0 Å². The van der Waals surface area contributed by atoms with Gasteiger partial charge in [-0.05, 0) is 35.8 Å². The van der Waals surface area contributed by atoms with Crippen LogP contribution < -0.4 is 5.73 Å². The molecule has 0 spiro atoms. The highest BCUT2D eigenvalue weighted by Crippen LogP contribution is 2.40. The highest BCUT2D eigenvalue weighted by Gasteiger charge is 2.31. The molecule has 0 aromatic carbocycles. The standard InChI is InChI=1S/C22H29NO2/c1-6-13-22(4,5)20-14-18(11-9-17(20)3)10-7-16(2)8-12-19(15-23)21(24)25/h8-9,11-12,14-15,17,20H,2,6,13,23H2,1,3-5H3,(H,24,25)/b12-8-,19-15+. The van der Waals surface area contributed by atoms with Gasteiger partial charge in [0, 0.05) is 17.3 Å². The lowest BCUT2D eigenvalue weighted by Crippen LogP contribution is -2.28. The van der Waals surface area contributed by atoms with E-state index >= 15 is 0 Å². The number of nitrogens with two attached hydrogens (primary N) is 1. The lowest BCUT2D eigenvalue weighted by molar-refractivity contribution is -0.132. The highest BCUT2D eigenvalue weighted by molar-refractivity contribution is 5.89. The molecule has 1 aliphatic carbocycles. The van der Waals surface area contributed by atoms with E-state index in [-0.39, 0.29) is 11.0 Å². The zero-order valence-corrected chi connectivity index (χ0v) is 15.7. The SMILES string of the molecule is C=C(C#CC1=CC(C(C)(C)CCC)C(C)C=C1)/C=C\C(=C/N)C(=O)O. The fourth-order valence-electron chi connectivity index (χ4n) is 3.19. The van der Waals surface area contributed by atoms with Crippen molar-refractivity contribution in [3.63, 3.8) is 0 Å². The summed E-state index contributed by atoms with van der Waals surface area (Å²) in [7, 11) is 0. The molecule has 3 nitrogen and oxygen atoms in total. The van der Waals surface area contributed by atoms with Crippen LogP contribution in [0.2, 0.25) is 0 Å². The number of hydrogen-bond donors (Lipinski definition) is 2. The number of aliphatic carboxylic acids is 1. The molecule has 134 valence electrons. The Morgan fingerprint density at radius 1 is 1.44 bits per heavy atom. The predicted molar refractivity (Wildman–Crippen MR) is 105 cm³/mol. The van der Waals surface area contributed by atoms with Gasteiger partial charge in [-0.25, -0.2) is 4.79 Å². The van der Waals surface area contributed by atoms with E-state index < -0.39 is 5.97 Å². The Bertz CT molecular complexity index is 693. The first kappa shape index (κ1) is 20.6. The lowest BCUT2D eigenvalue weighted by atomic mass is 9.68. The molecular formula is C22H29NO2. The maximum atomic E-state index is 10.9. The second kappa shape index (κ2) is 9.13. The molecule has 0 aliphatic heterocycles. The average Bonchev–Trinajstić information content (AvgIpc) is 2.54. The van der Waals surface area contributed by atoms with Crippen molar-refractivity contribution in [2.75, 3.05) is 0 Å². The van der Waals surface area contributed by atoms with Gasteiger partial charge in [-0.1, -0.05) is 70.8 Å².